The van der Waals surface area contributed by atoms with Gasteiger partial charge in [0, 0.05) is 32.6 Å². The van der Waals surface area contributed by atoms with Crippen molar-refractivity contribution in [2.75, 3.05) is 39.5 Å². The highest BCUT2D eigenvalue weighted by atomic mass is 35.5. The van der Waals surface area contributed by atoms with Gasteiger partial charge in [0.05, 0.1) is 12.6 Å². The number of hydrogen-bond acceptors (Lipinski definition) is 3. The van der Waals surface area contributed by atoms with Gasteiger partial charge in [-0.2, -0.15) is 0 Å². The molecular formula is C14H21Cl2FN2O. The van der Waals surface area contributed by atoms with Gasteiger partial charge in [-0.15, -0.1) is 24.8 Å². The largest absolute Gasteiger partial charge is 0.493 e. The number of hydrogen-bond donors (Lipinski definition) is 1. The summed E-state index contributed by atoms with van der Waals surface area (Å²) >= 11 is 0. The monoisotopic (exact) mass is 322 g/mol. The molecule has 0 aliphatic carbocycles. The molecule has 1 aromatic rings. The van der Waals surface area contributed by atoms with E-state index in [4.69, 9.17) is 4.74 Å². The van der Waals surface area contributed by atoms with Crippen molar-refractivity contribution in [3.8, 4) is 5.75 Å². The second kappa shape index (κ2) is 8.03. The molecule has 1 N–H and O–H groups in total. The molecule has 0 aromatic heterocycles. The summed E-state index contributed by atoms with van der Waals surface area (Å²) in [5, 5.41) is 3.30. The average Bonchev–Trinajstić information content (AvgIpc) is 2.88. The molecule has 6 heteroatoms. The van der Waals surface area contributed by atoms with Crippen LogP contribution in [0.5, 0.6) is 5.75 Å². The van der Waals surface area contributed by atoms with E-state index in [0.717, 1.165) is 50.5 Å². The molecule has 114 valence electrons. The predicted molar refractivity (Wildman–Crippen MR) is 83.3 cm³/mol. The third-order valence-corrected chi connectivity index (χ3v) is 3.84. The minimum absolute atomic E-state index is 0. The van der Waals surface area contributed by atoms with Gasteiger partial charge in [-0.25, -0.2) is 4.39 Å². The first-order valence-corrected chi connectivity index (χ1v) is 6.65. The summed E-state index contributed by atoms with van der Waals surface area (Å²) in [7, 11) is 0. The van der Waals surface area contributed by atoms with Gasteiger partial charge in [-0.3, -0.25) is 4.90 Å². The van der Waals surface area contributed by atoms with Gasteiger partial charge in [-0.1, -0.05) is 12.1 Å². The Balaban J connectivity index is 0.000001000. The summed E-state index contributed by atoms with van der Waals surface area (Å²) in [4.78, 5) is 2.23. The second-order valence-corrected chi connectivity index (χ2v) is 4.92. The molecule has 0 radical (unpaired) electrons. The molecule has 2 aliphatic rings. The molecule has 1 aromatic carbocycles. The smallest absolute Gasteiger partial charge is 0.122 e. The van der Waals surface area contributed by atoms with Crippen LogP contribution in [0.3, 0.4) is 0 Å². The van der Waals surface area contributed by atoms with Crippen LogP contribution in [0, 0.1) is 0 Å². The molecule has 3 nitrogen and oxygen atoms in total. The summed E-state index contributed by atoms with van der Waals surface area (Å²) in [5.74, 6) is 0.969. The molecule has 0 bridgehead atoms. The third kappa shape index (κ3) is 3.55. The highest BCUT2D eigenvalue weighted by Gasteiger charge is 2.23. The topological polar surface area (TPSA) is 24.5 Å². The Labute approximate surface area is 131 Å². The molecule has 0 amide bonds. The third-order valence-electron chi connectivity index (χ3n) is 3.84. The van der Waals surface area contributed by atoms with Gasteiger partial charge < -0.3 is 10.1 Å². The Morgan fingerprint density at radius 3 is 2.70 bits per heavy atom. The fourth-order valence-corrected chi connectivity index (χ4v) is 2.81. The Morgan fingerprint density at radius 2 is 2.00 bits per heavy atom. The number of fused-ring (bicyclic) bond motifs is 1. The van der Waals surface area contributed by atoms with Crippen LogP contribution in [0.4, 0.5) is 4.39 Å². The summed E-state index contributed by atoms with van der Waals surface area (Å²) < 4.78 is 18.9. The predicted octanol–water partition coefficient (Wildman–Crippen LogP) is 2.38. The lowest BCUT2D eigenvalue weighted by Crippen LogP contribution is -2.45. The maximum absolute atomic E-state index is 13.4. The van der Waals surface area contributed by atoms with Gasteiger partial charge in [-0.05, 0) is 17.2 Å². The van der Waals surface area contributed by atoms with E-state index in [2.05, 4.69) is 16.3 Å². The molecule has 2 aliphatic heterocycles. The van der Waals surface area contributed by atoms with E-state index in [9.17, 15) is 4.39 Å². The van der Waals surface area contributed by atoms with Crippen molar-refractivity contribution < 1.29 is 9.13 Å². The first-order chi connectivity index (χ1) is 8.88. The number of benzene rings is 1. The number of nitrogens with one attached hydrogen (secondary N) is 1. The zero-order chi connectivity index (χ0) is 12.4. The first-order valence-electron chi connectivity index (χ1n) is 6.65. The van der Waals surface area contributed by atoms with Crippen molar-refractivity contribution in [2.45, 2.75) is 12.5 Å². The molecule has 1 fully saturated rings. The van der Waals surface area contributed by atoms with E-state index in [1.807, 2.05) is 12.1 Å². The molecule has 0 spiro atoms. The number of alkyl halides is 1. The highest BCUT2D eigenvalue weighted by Crippen LogP contribution is 2.30. The van der Waals surface area contributed by atoms with E-state index in [1.54, 1.807) is 0 Å². The zero-order valence-corrected chi connectivity index (χ0v) is 12.9. The van der Waals surface area contributed by atoms with E-state index in [1.165, 1.54) is 5.56 Å². The van der Waals surface area contributed by atoms with Crippen molar-refractivity contribution in [3.63, 3.8) is 0 Å². The van der Waals surface area contributed by atoms with Crippen LogP contribution in [0.15, 0.2) is 18.2 Å². The standard InChI is InChI=1S/C14H19FN2O.2ClH/c15-10-13(17-6-4-16-5-7-17)11-1-2-14-12(9-11)3-8-18-14;;/h1-2,9,13,16H,3-8,10H2;2*1H/t13-;;/m1../s1. The van der Waals surface area contributed by atoms with E-state index < -0.39 is 0 Å². The summed E-state index contributed by atoms with van der Waals surface area (Å²) in [6.07, 6.45) is 0.948. The van der Waals surface area contributed by atoms with Crippen LogP contribution in [0.2, 0.25) is 0 Å². The van der Waals surface area contributed by atoms with Crippen molar-refractivity contribution in [3.05, 3.63) is 29.3 Å². The van der Waals surface area contributed by atoms with Crippen LogP contribution >= 0.6 is 24.8 Å². The number of halogens is 3. The quantitative estimate of drug-likeness (QED) is 0.924. The maximum atomic E-state index is 13.4. The first kappa shape index (κ1) is 17.5. The normalized spacial score (nSPS) is 19.2. The SMILES string of the molecule is Cl.Cl.FC[C@H](c1ccc2c(c1)CCO2)N1CCNCC1. The van der Waals surface area contributed by atoms with Crippen molar-refractivity contribution in [1.29, 1.82) is 0 Å². The summed E-state index contributed by atoms with van der Waals surface area (Å²) in [6.45, 7) is 4.17. The summed E-state index contributed by atoms with van der Waals surface area (Å²) in [5.41, 5.74) is 2.31. The molecule has 1 atom stereocenters. The molecule has 2 heterocycles. The van der Waals surface area contributed by atoms with E-state index in [0.29, 0.717) is 0 Å². The lowest BCUT2D eigenvalue weighted by atomic mass is 10.0. The number of piperazine rings is 1. The molecule has 20 heavy (non-hydrogen) atoms. The molecular weight excluding hydrogens is 302 g/mol. The van der Waals surface area contributed by atoms with Crippen molar-refractivity contribution in [1.82, 2.24) is 10.2 Å². The lowest BCUT2D eigenvalue weighted by molar-refractivity contribution is 0.147. The second-order valence-electron chi connectivity index (χ2n) is 4.92. The zero-order valence-electron chi connectivity index (χ0n) is 11.3. The fourth-order valence-electron chi connectivity index (χ4n) is 2.81. The highest BCUT2D eigenvalue weighted by molar-refractivity contribution is 5.85. The van der Waals surface area contributed by atoms with Gasteiger partial charge >= 0.3 is 0 Å². The Bertz CT molecular complexity index is 428. The number of nitrogens with zero attached hydrogens (tertiary/aromatic N) is 1. The minimum atomic E-state index is -0.320. The fraction of sp³-hybridized carbons (Fsp3) is 0.571. The van der Waals surface area contributed by atoms with Crippen LogP contribution in [0.1, 0.15) is 17.2 Å². The van der Waals surface area contributed by atoms with Crippen molar-refractivity contribution in [2.24, 2.45) is 0 Å². The molecule has 1 saturated heterocycles. The maximum Gasteiger partial charge on any atom is 0.122 e. The van der Waals surface area contributed by atoms with Crippen LogP contribution < -0.4 is 10.1 Å². The van der Waals surface area contributed by atoms with Crippen LogP contribution in [0.25, 0.3) is 0 Å². The lowest BCUT2D eigenvalue weighted by Gasteiger charge is -2.33. The Morgan fingerprint density at radius 1 is 1.25 bits per heavy atom. The Hall–Kier alpha value is -0.550. The molecule has 0 unspecified atom stereocenters. The average molecular weight is 323 g/mol. The molecule has 0 saturated carbocycles. The summed E-state index contributed by atoms with van der Waals surface area (Å²) in [6, 6.07) is 6.02. The van der Waals surface area contributed by atoms with E-state index >= 15 is 0 Å². The molecule has 3 rings (SSSR count). The number of ether oxygens (including phenoxy) is 1. The van der Waals surface area contributed by atoms with Gasteiger partial charge in [0.1, 0.15) is 12.4 Å². The number of rotatable bonds is 3. The van der Waals surface area contributed by atoms with Gasteiger partial charge in [0.25, 0.3) is 0 Å². The van der Waals surface area contributed by atoms with Crippen molar-refractivity contribution >= 4 is 24.8 Å². The van der Waals surface area contributed by atoms with E-state index in [-0.39, 0.29) is 37.5 Å². The van der Waals surface area contributed by atoms with Gasteiger partial charge in [0.15, 0.2) is 0 Å². The van der Waals surface area contributed by atoms with Gasteiger partial charge in [0.2, 0.25) is 0 Å². The Kier molecular flexibility index (Phi) is 7.03. The minimum Gasteiger partial charge on any atom is -0.493 e. The van der Waals surface area contributed by atoms with Crippen LogP contribution in [-0.4, -0.2) is 44.4 Å². The van der Waals surface area contributed by atoms with Crippen LogP contribution in [-0.2, 0) is 6.42 Å².